The van der Waals surface area contributed by atoms with Gasteiger partial charge in [0, 0.05) is 12.1 Å². The van der Waals surface area contributed by atoms with Gasteiger partial charge in [-0.2, -0.15) is 0 Å². The number of nitro groups is 1. The first-order chi connectivity index (χ1) is 8.97. The number of nitrogens with zero attached hydrogens (tertiary/aromatic N) is 1. The van der Waals surface area contributed by atoms with Crippen LogP contribution in [0.1, 0.15) is 16.7 Å². The van der Waals surface area contributed by atoms with Crippen molar-refractivity contribution in [1.29, 1.82) is 0 Å². The molecule has 0 aromatic heterocycles. The Balaban J connectivity index is 2.23. The minimum absolute atomic E-state index is 0.0844. The number of rotatable bonds is 3. The van der Waals surface area contributed by atoms with Crippen LogP contribution in [-0.2, 0) is 16.0 Å². The maximum absolute atomic E-state index is 11.2. The SMILES string of the molecule is Cc1cc([N+](=O)[O-])cc(CC2COCC(=O)N2)c1C. The standard InChI is InChI=1S/C13H16N2O4/c1-8-3-12(15(17)18)5-10(9(8)2)4-11-6-19-7-13(16)14-11/h3,5,11H,4,6-7H2,1-2H3,(H,14,16). The number of morpholine rings is 1. The molecule has 1 aliphatic rings. The van der Waals surface area contributed by atoms with Crippen molar-refractivity contribution in [2.45, 2.75) is 26.3 Å². The predicted molar refractivity (Wildman–Crippen MR) is 69.0 cm³/mol. The van der Waals surface area contributed by atoms with Crippen molar-refractivity contribution in [2.24, 2.45) is 0 Å². The number of benzene rings is 1. The average molecular weight is 264 g/mol. The molecule has 0 spiro atoms. The molecule has 6 nitrogen and oxygen atoms in total. The van der Waals surface area contributed by atoms with Crippen LogP contribution >= 0.6 is 0 Å². The van der Waals surface area contributed by atoms with Crippen LogP contribution in [0.3, 0.4) is 0 Å². The third kappa shape index (κ3) is 3.08. The first kappa shape index (κ1) is 13.5. The number of nitrogens with one attached hydrogen (secondary N) is 1. The molecule has 1 aromatic rings. The van der Waals surface area contributed by atoms with Crippen LogP contribution in [0, 0.1) is 24.0 Å². The fourth-order valence-electron chi connectivity index (χ4n) is 2.21. The summed E-state index contributed by atoms with van der Waals surface area (Å²) in [5, 5.41) is 13.7. The summed E-state index contributed by atoms with van der Waals surface area (Å²) >= 11 is 0. The van der Waals surface area contributed by atoms with Gasteiger partial charge in [-0.05, 0) is 37.0 Å². The molecule has 19 heavy (non-hydrogen) atoms. The highest BCUT2D eigenvalue weighted by molar-refractivity contribution is 5.78. The third-order valence-electron chi connectivity index (χ3n) is 3.35. The molecule has 2 rings (SSSR count). The van der Waals surface area contributed by atoms with Crippen molar-refractivity contribution in [3.8, 4) is 0 Å². The summed E-state index contributed by atoms with van der Waals surface area (Å²) < 4.78 is 5.17. The van der Waals surface area contributed by atoms with Gasteiger partial charge in [-0.3, -0.25) is 14.9 Å². The van der Waals surface area contributed by atoms with Crippen molar-refractivity contribution < 1.29 is 14.5 Å². The average Bonchev–Trinajstić information content (AvgIpc) is 2.34. The lowest BCUT2D eigenvalue weighted by atomic mass is 9.96. The highest BCUT2D eigenvalue weighted by Gasteiger charge is 2.21. The third-order valence-corrected chi connectivity index (χ3v) is 3.35. The second kappa shape index (κ2) is 5.36. The van der Waals surface area contributed by atoms with Crippen LogP contribution in [0.5, 0.6) is 0 Å². The Morgan fingerprint density at radius 1 is 1.47 bits per heavy atom. The molecule has 0 radical (unpaired) electrons. The Morgan fingerprint density at radius 2 is 2.21 bits per heavy atom. The number of amides is 1. The molecule has 1 heterocycles. The molecule has 1 amide bonds. The highest BCUT2D eigenvalue weighted by Crippen LogP contribution is 2.23. The first-order valence-corrected chi connectivity index (χ1v) is 6.09. The summed E-state index contributed by atoms with van der Waals surface area (Å²) in [6, 6.07) is 3.01. The zero-order valence-corrected chi connectivity index (χ0v) is 10.9. The summed E-state index contributed by atoms with van der Waals surface area (Å²) in [5.41, 5.74) is 2.86. The lowest BCUT2D eigenvalue weighted by molar-refractivity contribution is -0.385. The van der Waals surface area contributed by atoms with Gasteiger partial charge in [0.05, 0.1) is 17.6 Å². The summed E-state index contributed by atoms with van der Waals surface area (Å²) in [4.78, 5) is 21.7. The monoisotopic (exact) mass is 264 g/mol. The van der Waals surface area contributed by atoms with Crippen molar-refractivity contribution in [3.63, 3.8) is 0 Å². The normalized spacial score (nSPS) is 19.1. The molecular weight excluding hydrogens is 248 g/mol. The number of ether oxygens (including phenoxy) is 1. The molecule has 6 heteroatoms. The van der Waals surface area contributed by atoms with Crippen LogP contribution in [0.2, 0.25) is 0 Å². The van der Waals surface area contributed by atoms with Gasteiger partial charge in [0.1, 0.15) is 6.61 Å². The molecule has 0 saturated carbocycles. The van der Waals surface area contributed by atoms with E-state index < -0.39 is 4.92 Å². The van der Waals surface area contributed by atoms with E-state index in [0.717, 1.165) is 16.7 Å². The first-order valence-electron chi connectivity index (χ1n) is 6.09. The molecule has 1 atom stereocenters. The Bertz CT molecular complexity index is 528. The largest absolute Gasteiger partial charge is 0.369 e. The van der Waals surface area contributed by atoms with E-state index in [2.05, 4.69) is 5.32 Å². The molecular formula is C13H16N2O4. The second-order valence-corrected chi connectivity index (χ2v) is 4.79. The van der Waals surface area contributed by atoms with Crippen molar-refractivity contribution in [1.82, 2.24) is 5.32 Å². The summed E-state index contributed by atoms with van der Waals surface area (Å²) in [7, 11) is 0. The molecule has 102 valence electrons. The minimum atomic E-state index is -0.397. The van der Waals surface area contributed by atoms with Gasteiger partial charge in [0.2, 0.25) is 5.91 Å². The Morgan fingerprint density at radius 3 is 2.84 bits per heavy atom. The molecule has 1 saturated heterocycles. The Labute approximate surface area is 110 Å². The number of carbonyl (C=O) groups is 1. The summed E-state index contributed by atoms with van der Waals surface area (Å²) in [5.74, 6) is -0.143. The van der Waals surface area contributed by atoms with E-state index in [0.29, 0.717) is 13.0 Å². The van der Waals surface area contributed by atoms with Crippen LogP contribution in [0.4, 0.5) is 5.69 Å². The molecule has 1 aliphatic heterocycles. The van der Waals surface area contributed by atoms with Crippen molar-refractivity contribution in [3.05, 3.63) is 38.9 Å². The molecule has 1 fully saturated rings. The highest BCUT2D eigenvalue weighted by atomic mass is 16.6. The number of hydrogen-bond acceptors (Lipinski definition) is 4. The van der Waals surface area contributed by atoms with E-state index in [4.69, 9.17) is 4.74 Å². The molecule has 0 aliphatic carbocycles. The fraction of sp³-hybridized carbons (Fsp3) is 0.462. The quantitative estimate of drug-likeness (QED) is 0.658. The zero-order valence-electron chi connectivity index (χ0n) is 10.9. The lowest BCUT2D eigenvalue weighted by Gasteiger charge is -2.24. The van der Waals surface area contributed by atoms with Gasteiger partial charge in [-0.1, -0.05) is 0 Å². The predicted octanol–water partition coefficient (Wildman–Crippen LogP) is 1.27. The van der Waals surface area contributed by atoms with Crippen LogP contribution < -0.4 is 5.32 Å². The smallest absolute Gasteiger partial charge is 0.269 e. The maximum atomic E-state index is 11.2. The van der Waals surface area contributed by atoms with E-state index in [1.54, 1.807) is 12.1 Å². The Kier molecular flexibility index (Phi) is 3.80. The van der Waals surface area contributed by atoms with E-state index in [9.17, 15) is 14.9 Å². The summed E-state index contributed by atoms with van der Waals surface area (Å²) in [6.45, 7) is 4.30. The molecule has 1 unspecified atom stereocenters. The summed E-state index contributed by atoms with van der Waals surface area (Å²) in [6.07, 6.45) is 0.542. The molecule has 1 N–H and O–H groups in total. The second-order valence-electron chi connectivity index (χ2n) is 4.79. The number of carbonyl (C=O) groups excluding carboxylic acids is 1. The van der Waals surface area contributed by atoms with Crippen molar-refractivity contribution >= 4 is 11.6 Å². The molecule has 0 bridgehead atoms. The number of aryl methyl sites for hydroxylation is 1. The Hall–Kier alpha value is -1.95. The van der Waals surface area contributed by atoms with Gasteiger partial charge in [-0.15, -0.1) is 0 Å². The zero-order chi connectivity index (χ0) is 14.0. The van der Waals surface area contributed by atoms with Crippen molar-refractivity contribution in [2.75, 3.05) is 13.2 Å². The number of hydrogen-bond donors (Lipinski definition) is 1. The minimum Gasteiger partial charge on any atom is -0.369 e. The van der Waals surface area contributed by atoms with Crippen LogP contribution in [0.15, 0.2) is 12.1 Å². The topological polar surface area (TPSA) is 81.5 Å². The maximum Gasteiger partial charge on any atom is 0.269 e. The number of non-ortho nitro benzene ring substituents is 1. The van der Waals surface area contributed by atoms with Gasteiger partial charge in [0.25, 0.3) is 5.69 Å². The van der Waals surface area contributed by atoms with E-state index in [1.807, 2.05) is 13.8 Å². The van der Waals surface area contributed by atoms with Crippen LogP contribution in [0.25, 0.3) is 0 Å². The van der Waals surface area contributed by atoms with Gasteiger partial charge in [-0.25, -0.2) is 0 Å². The van der Waals surface area contributed by atoms with Gasteiger partial charge < -0.3 is 10.1 Å². The van der Waals surface area contributed by atoms with E-state index in [1.165, 1.54) is 0 Å². The number of nitro benzene ring substituents is 1. The molecule has 1 aromatic carbocycles. The van der Waals surface area contributed by atoms with Crippen LogP contribution in [-0.4, -0.2) is 30.1 Å². The van der Waals surface area contributed by atoms with Gasteiger partial charge in [0.15, 0.2) is 0 Å². The lowest BCUT2D eigenvalue weighted by Crippen LogP contribution is -2.46. The van der Waals surface area contributed by atoms with E-state index in [-0.39, 0.29) is 24.2 Å². The van der Waals surface area contributed by atoms with Gasteiger partial charge >= 0.3 is 0 Å². The van der Waals surface area contributed by atoms with E-state index >= 15 is 0 Å². The fourth-order valence-corrected chi connectivity index (χ4v) is 2.21.